The Bertz CT molecular complexity index is 384. The molecule has 1 aliphatic carbocycles. The Hall–Kier alpha value is -1.32. The first-order valence-corrected chi connectivity index (χ1v) is 6.77. The zero-order valence-corrected chi connectivity index (χ0v) is 11.5. The molecule has 1 N–H and O–H groups in total. The minimum atomic E-state index is -0.293. The summed E-state index contributed by atoms with van der Waals surface area (Å²) in [5.74, 6) is 0.157. The first kappa shape index (κ1) is 13.1. The van der Waals surface area contributed by atoms with Crippen LogP contribution in [0.5, 0.6) is 0 Å². The molecular formula is C14H23N3O. The van der Waals surface area contributed by atoms with Crippen molar-refractivity contribution in [2.45, 2.75) is 58.5 Å². The second-order valence-corrected chi connectivity index (χ2v) is 6.21. The average molecular weight is 249 g/mol. The maximum Gasteiger partial charge on any atom is 0.225 e. The summed E-state index contributed by atoms with van der Waals surface area (Å²) in [5.41, 5.74) is -0.293. The van der Waals surface area contributed by atoms with Gasteiger partial charge in [0.05, 0.1) is 6.04 Å². The number of amides is 1. The molecule has 1 aliphatic rings. The molecule has 100 valence electrons. The van der Waals surface area contributed by atoms with Gasteiger partial charge in [-0.1, -0.05) is 20.8 Å². The quantitative estimate of drug-likeness (QED) is 0.875. The Labute approximate surface area is 109 Å². The van der Waals surface area contributed by atoms with Crippen molar-refractivity contribution in [2.75, 3.05) is 0 Å². The number of nitrogens with one attached hydrogen (secondary N) is 1. The number of hydrogen-bond donors (Lipinski definition) is 1. The molecule has 0 saturated heterocycles. The molecule has 1 amide bonds. The summed E-state index contributed by atoms with van der Waals surface area (Å²) >= 11 is 0. The second kappa shape index (κ2) is 5.12. The molecule has 0 bridgehead atoms. The molecule has 1 saturated carbocycles. The van der Waals surface area contributed by atoms with Gasteiger partial charge in [0.25, 0.3) is 0 Å². The smallest absolute Gasteiger partial charge is 0.225 e. The second-order valence-electron chi connectivity index (χ2n) is 6.21. The molecule has 18 heavy (non-hydrogen) atoms. The van der Waals surface area contributed by atoms with E-state index in [4.69, 9.17) is 0 Å². The van der Waals surface area contributed by atoms with Gasteiger partial charge in [0.15, 0.2) is 0 Å². The molecule has 0 radical (unpaired) electrons. The van der Waals surface area contributed by atoms with E-state index < -0.39 is 0 Å². The Morgan fingerprint density at radius 3 is 2.44 bits per heavy atom. The van der Waals surface area contributed by atoms with Crippen LogP contribution in [0.15, 0.2) is 18.5 Å². The average Bonchev–Trinajstić information content (AvgIpc) is 2.82. The third kappa shape index (κ3) is 3.12. The molecule has 0 spiro atoms. The lowest BCUT2D eigenvalue weighted by molar-refractivity contribution is -0.129. The predicted molar refractivity (Wildman–Crippen MR) is 71.1 cm³/mol. The van der Waals surface area contributed by atoms with Gasteiger partial charge in [-0.05, 0) is 31.7 Å². The lowest BCUT2D eigenvalue weighted by Gasteiger charge is -2.31. The number of carbonyl (C=O) groups excluding carboxylic acids is 1. The summed E-state index contributed by atoms with van der Waals surface area (Å²) in [6.07, 6.45) is 8.14. The molecule has 4 heteroatoms. The van der Waals surface area contributed by atoms with E-state index in [1.807, 2.05) is 43.9 Å². The standard InChI is InChI=1S/C14H23N3O/c1-14(2,3)13(18)16-11-5-7-12(8-6-11)17-10-4-9-15-17/h4,9-12H,5-8H2,1-3H3,(H,16,18). The Morgan fingerprint density at radius 1 is 1.28 bits per heavy atom. The summed E-state index contributed by atoms with van der Waals surface area (Å²) in [7, 11) is 0. The third-order valence-corrected chi connectivity index (χ3v) is 3.61. The van der Waals surface area contributed by atoms with Crippen LogP contribution in [0, 0.1) is 5.41 Å². The summed E-state index contributed by atoms with van der Waals surface area (Å²) in [5, 5.41) is 7.45. The fraction of sp³-hybridized carbons (Fsp3) is 0.714. The van der Waals surface area contributed by atoms with E-state index in [-0.39, 0.29) is 11.3 Å². The fourth-order valence-electron chi connectivity index (χ4n) is 2.38. The van der Waals surface area contributed by atoms with Crippen LogP contribution in [0.3, 0.4) is 0 Å². The zero-order valence-electron chi connectivity index (χ0n) is 11.5. The summed E-state index contributed by atoms with van der Waals surface area (Å²) in [4.78, 5) is 11.9. The van der Waals surface area contributed by atoms with Crippen molar-refractivity contribution in [1.29, 1.82) is 0 Å². The van der Waals surface area contributed by atoms with Crippen molar-refractivity contribution in [1.82, 2.24) is 15.1 Å². The first-order chi connectivity index (χ1) is 8.47. The molecule has 2 rings (SSSR count). The van der Waals surface area contributed by atoms with Gasteiger partial charge in [-0.2, -0.15) is 5.10 Å². The molecular weight excluding hydrogens is 226 g/mol. The van der Waals surface area contributed by atoms with Gasteiger partial charge in [-0.3, -0.25) is 9.48 Å². The highest BCUT2D eigenvalue weighted by Gasteiger charge is 2.27. The van der Waals surface area contributed by atoms with E-state index in [0.717, 1.165) is 25.7 Å². The van der Waals surface area contributed by atoms with Crippen molar-refractivity contribution >= 4 is 5.91 Å². The van der Waals surface area contributed by atoms with E-state index in [2.05, 4.69) is 10.4 Å². The van der Waals surface area contributed by atoms with Crippen LogP contribution in [-0.4, -0.2) is 21.7 Å². The zero-order chi connectivity index (χ0) is 13.2. The maximum atomic E-state index is 11.9. The summed E-state index contributed by atoms with van der Waals surface area (Å²) < 4.78 is 2.04. The number of rotatable bonds is 2. The molecule has 0 aliphatic heterocycles. The van der Waals surface area contributed by atoms with Crippen LogP contribution < -0.4 is 5.32 Å². The molecule has 1 heterocycles. The third-order valence-electron chi connectivity index (χ3n) is 3.61. The van der Waals surface area contributed by atoms with Gasteiger partial charge in [-0.15, -0.1) is 0 Å². The monoisotopic (exact) mass is 249 g/mol. The minimum Gasteiger partial charge on any atom is -0.353 e. The van der Waals surface area contributed by atoms with Gasteiger partial charge in [0.1, 0.15) is 0 Å². The van der Waals surface area contributed by atoms with E-state index >= 15 is 0 Å². The number of nitrogens with zero attached hydrogens (tertiary/aromatic N) is 2. The van der Waals surface area contributed by atoms with Crippen molar-refractivity contribution in [3.63, 3.8) is 0 Å². The van der Waals surface area contributed by atoms with Crippen molar-refractivity contribution in [3.8, 4) is 0 Å². The van der Waals surface area contributed by atoms with E-state index in [1.165, 1.54) is 0 Å². The maximum absolute atomic E-state index is 11.9. The van der Waals surface area contributed by atoms with Crippen LogP contribution >= 0.6 is 0 Å². The lowest BCUT2D eigenvalue weighted by Crippen LogP contribution is -2.43. The molecule has 0 unspecified atom stereocenters. The van der Waals surface area contributed by atoms with Crippen LogP contribution in [0.25, 0.3) is 0 Å². The highest BCUT2D eigenvalue weighted by molar-refractivity contribution is 5.81. The van der Waals surface area contributed by atoms with E-state index in [9.17, 15) is 4.79 Å². The van der Waals surface area contributed by atoms with E-state index in [0.29, 0.717) is 12.1 Å². The molecule has 0 atom stereocenters. The van der Waals surface area contributed by atoms with Gasteiger partial charge in [0.2, 0.25) is 5.91 Å². The highest BCUT2D eigenvalue weighted by Crippen LogP contribution is 2.28. The van der Waals surface area contributed by atoms with Crippen LogP contribution in [0.4, 0.5) is 0 Å². The lowest BCUT2D eigenvalue weighted by atomic mass is 9.89. The van der Waals surface area contributed by atoms with Gasteiger partial charge in [-0.25, -0.2) is 0 Å². The van der Waals surface area contributed by atoms with Gasteiger partial charge < -0.3 is 5.32 Å². The normalized spacial score (nSPS) is 24.8. The molecule has 0 aromatic carbocycles. The molecule has 1 aromatic rings. The Morgan fingerprint density at radius 2 is 1.94 bits per heavy atom. The van der Waals surface area contributed by atoms with Crippen molar-refractivity contribution < 1.29 is 4.79 Å². The number of hydrogen-bond acceptors (Lipinski definition) is 2. The number of aromatic nitrogens is 2. The Kier molecular flexibility index (Phi) is 3.73. The highest BCUT2D eigenvalue weighted by atomic mass is 16.2. The van der Waals surface area contributed by atoms with Crippen molar-refractivity contribution in [2.24, 2.45) is 5.41 Å². The van der Waals surface area contributed by atoms with E-state index in [1.54, 1.807) is 0 Å². The minimum absolute atomic E-state index is 0.157. The summed E-state index contributed by atoms with van der Waals surface area (Å²) in [6.45, 7) is 5.87. The first-order valence-electron chi connectivity index (χ1n) is 6.77. The van der Waals surface area contributed by atoms with Crippen LogP contribution in [-0.2, 0) is 4.79 Å². The molecule has 1 aromatic heterocycles. The van der Waals surface area contributed by atoms with Gasteiger partial charge in [0, 0.05) is 23.9 Å². The summed E-state index contributed by atoms with van der Waals surface area (Å²) in [6, 6.07) is 2.80. The largest absolute Gasteiger partial charge is 0.353 e. The van der Waals surface area contributed by atoms with Gasteiger partial charge >= 0.3 is 0 Å². The van der Waals surface area contributed by atoms with Crippen LogP contribution in [0.2, 0.25) is 0 Å². The number of carbonyl (C=O) groups is 1. The predicted octanol–water partition coefficient (Wildman–Crippen LogP) is 2.53. The fourth-order valence-corrected chi connectivity index (χ4v) is 2.38. The topological polar surface area (TPSA) is 46.9 Å². The molecule has 1 fully saturated rings. The SMILES string of the molecule is CC(C)(C)C(=O)NC1CCC(n2cccn2)CC1. The molecule has 4 nitrogen and oxygen atoms in total. The Balaban J connectivity index is 1.82. The van der Waals surface area contributed by atoms with Crippen molar-refractivity contribution in [3.05, 3.63) is 18.5 Å². The van der Waals surface area contributed by atoms with Crippen LogP contribution in [0.1, 0.15) is 52.5 Å².